The topological polar surface area (TPSA) is 57.2 Å². The van der Waals surface area contributed by atoms with Crippen LogP contribution in [0.5, 0.6) is 0 Å². The Morgan fingerprint density at radius 3 is 2.38 bits per heavy atom. The molecule has 24 heavy (non-hydrogen) atoms. The van der Waals surface area contributed by atoms with Crippen LogP contribution in [0.3, 0.4) is 0 Å². The third-order valence-electron chi connectivity index (χ3n) is 4.96. The number of anilines is 3. The molecule has 0 radical (unpaired) electrons. The van der Waals surface area contributed by atoms with Gasteiger partial charge < -0.3 is 15.1 Å². The maximum atomic E-state index is 4.68. The summed E-state index contributed by atoms with van der Waals surface area (Å²) in [5.74, 6) is 1.60. The number of para-hydroxylation sites is 1. The minimum absolute atomic E-state index is 0.511. The van der Waals surface area contributed by atoms with E-state index in [1.807, 2.05) is 0 Å². The summed E-state index contributed by atoms with van der Waals surface area (Å²) < 4.78 is 0. The molecule has 2 aliphatic rings. The molecule has 1 aromatic carbocycles. The predicted molar refractivity (Wildman–Crippen MR) is 96.6 cm³/mol. The van der Waals surface area contributed by atoms with Gasteiger partial charge in [-0.3, -0.25) is 0 Å². The van der Waals surface area contributed by atoms with Crippen LogP contribution in [0, 0.1) is 0 Å². The summed E-state index contributed by atoms with van der Waals surface area (Å²) in [5, 5.41) is 11.7. The van der Waals surface area contributed by atoms with E-state index < -0.39 is 0 Å². The summed E-state index contributed by atoms with van der Waals surface area (Å²) >= 11 is 0. The van der Waals surface area contributed by atoms with Gasteiger partial charge in [0.1, 0.15) is 0 Å². The van der Waals surface area contributed by atoms with E-state index >= 15 is 0 Å². The third-order valence-corrected chi connectivity index (χ3v) is 4.96. The maximum Gasteiger partial charge on any atom is 0.244 e. The number of hydrogen-bond donors (Lipinski definition) is 1. The van der Waals surface area contributed by atoms with E-state index in [9.17, 15) is 0 Å². The van der Waals surface area contributed by atoms with Crippen LogP contribution in [0.25, 0.3) is 0 Å². The van der Waals surface area contributed by atoms with Crippen LogP contribution >= 0.6 is 0 Å². The molecule has 1 aliphatic heterocycles. The summed E-state index contributed by atoms with van der Waals surface area (Å²) in [5.41, 5.74) is 1.29. The lowest BCUT2D eigenvalue weighted by atomic mass is 10.2. The average molecular weight is 324 g/mol. The summed E-state index contributed by atoms with van der Waals surface area (Å²) in [4.78, 5) is 9.40. The molecular formula is C18H24N6. The fourth-order valence-electron chi connectivity index (χ4n) is 3.59. The first-order valence-electron chi connectivity index (χ1n) is 8.90. The zero-order valence-electron chi connectivity index (χ0n) is 13.9. The summed E-state index contributed by atoms with van der Waals surface area (Å²) in [6, 6.07) is 11.1. The molecule has 2 aromatic rings. The third kappa shape index (κ3) is 3.42. The molecule has 4 rings (SSSR count). The van der Waals surface area contributed by atoms with Gasteiger partial charge in [-0.05, 0) is 25.0 Å². The Hall–Kier alpha value is -2.37. The minimum Gasteiger partial charge on any atom is -0.368 e. The second-order valence-corrected chi connectivity index (χ2v) is 6.57. The van der Waals surface area contributed by atoms with Crippen LogP contribution in [0.15, 0.2) is 36.5 Å². The van der Waals surface area contributed by atoms with Gasteiger partial charge in [0.05, 0.1) is 6.20 Å². The SMILES string of the molecule is c1ccc(N2CCN(c3cnnc(NC4CCCC4)n3)CC2)cc1. The number of rotatable bonds is 4. The summed E-state index contributed by atoms with van der Waals surface area (Å²) in [6.07, 6.45) is 6.79. The monoisotopic (exact) mass is 324 g/mol. The van der Waals surface area contributed by atoms with E-state index in [1.54, 1.807) is 6.20 Å². The molecule has 126 valence electrons. The first-order chi connectivity index (χ1) is 11.9. The molecular weight excluding hydrogens is 300 g/mol. The second-order valence-electron chi connectivity index (χ2n) is 6.57. The van der Waals surface area contributed by atoms with Crippen molar-refractivity contribution in [2.75, 3.05) is 41.3 Å². The van der Waals surface area contributed by atoms with Crippen LogP contribution in [0.2, 0.25) is 0 Å². The van der Waals surface area contributed by atoms with Crippen LogP contribution < -0.4 is 15.1 Å². The molecule has 1 N–H and O–H groups in total. The normalized spacial score (nSPS) is 18.8. The highest BCUT2D eigenvalue weighted by Crippen LogP contribution is 2.22. The van der Waals surface area contributed by atoms with Gasteiger partial charge in [-0.1, -0.05) is 31.0 Å². The largest absolute Gasteiger partial charge is 0.368 e. The molecule has 0 amide bonds. The van der Waals surface area contributed by atoms with Gasteiger partial charge in [-0.25, -0.2) is 0 Å². The Morgan fingerprint density at radius 1 is 0.917 bits per heavy atom. The molecule has 0 spiro atoms. The zero-order valence-corrected chi connectivity index (χ0v) is 13.9. The van der Waals surface area contributed by atoms with Gasteiger partial charge in [0.2, 0.25) is 5.95 Å². The van der Waals surface area contributed by atoms with E-state index in [4.69, 9.17) is 0 Å². The van der Waals surface area contributed by atoms with Crippen molar-refractivity contribution in [2.24, 2.45) is 0 Å². The molecule has 1 saturated carbocycles. The number of nitrogens with zero attached hydrogens (tertiary/aromatic N) is 5. The molecule has 0 atom stereocenters. The van der Waals surface area contributed by atoms with Gasteiger partial charge in [-0.2, -0.15) is 10.1 Å². The Bertz CT molecular complexity index is 648. The molecule has 1 saturated heterocycles. The number of piperazine rings is 1. The smallest absolute Gasteiger partial charge is 0.244 e. The van der Waals surface area contributed by atoms with E-state index in [1.165, 1.54) is 31.4 Å². The molecule has 1 aromatic heterocycles. The number of benzene rings is 1. The van der Waals surface area contributed by atoms with Crippen LogP contribution in [0.4, 0.5) is 17.5 Å². The first kappa shape index (κ1) is 15.2. The van der Waals surface area contributed by atoms with E-state index in [2.05, 4.69) is 60.6 Å². The first-order valence-corrected chi connectivity index (χ1v) is 8.90. The van der Waals surface area contributed by atoms with Crippen LogP contribution in [-0.2, 0) is 0 Å². The fraction of sp³-hybridized carbons (Fsp3) is 0.500. The highest BCUT2D eigenvalue weighted by atomic mass is 15.3. The van der Waals surface area contributed by atoms with Crippen molar-refractivity contribution in [1.82, 2.24) is 15.2 Å². The maximum absolute atomic E-state index is 4.68. The second kappa shape index (κ2) is 7.03. The van der Waals surface area contributed by atoms with Crippen molar-refractivity contribution in [1.29, 1.82) is 0 Å². The van der Waals surface area contributed by atoms with E-state index in [0.717, 1.165) is 32.0 Å². The van der Waals surface area contributed by atoms with Gasteiger partial charge in [0.15, 0.2) is 5.82 Å². The number of hydrogen-bond acceptors (Lipinski definition) is 6. The lowest BCUT2D eigenvalue weighted by Crippen LogP contribution is -2.47. The van der Waals surface area contributed by atoms with Gasteiger partial charge in [0, 0.05) is 37.9 Å². The van der Waals surface area contributed by atoms with Gasteiger partial charge >= 0.3 is 0 Å². The molecule has 0 bridgehead atoms. The highest BCUT2D eigenvalue weighted by Gasteiger charge is 2.20. The zero-order chi connectivity index (χ0) is 16.2. The van der Waals surface area contributed by atoms with E-state index in [-0.39, 0.29) is 0 Å². The fourth-order valence-corrected chi connectivity index (χ4v) is 3.59. The van der Waals surface area contributed by atoms with Crippen molar-refractivity contribution >= 4 is 17.5 Å². The minimum atomic E-state index is 0.511. The molecule has 6 heteroatoms. The molecule has 1 aliphatic carbocycles. The van der Waals surface area contributed by atoms with Crippen molar-refractivity contribution in [3.05, 3.63) is 36.5 Å². The predicted octanol–water partition coefficient (Wildman–Crippen LogP) is 2.55. The molecule has 0 unspecified atom stereocenters. The van der Waals surface area contributed by atoms with Crippen molar-refractivity contribution in [3.63, 3.8) is 0 Å². The Labute approximate surface area is 142 Å². The van der Waals surface area contributed by atoms with E-state index in [0.29, 0.717) is 12.0 Å². The Kier molecular flexibility index (Phi) is 4.44. The van der Waals surface area contributed by atoms with Gasteiger partial charge in [0.25, 0.3) is 0 Å². The molecule has 2 heterocycles. The highest BCUT2D eigenvalue weighted by molar-refractivity contribution is 5.49. The lowest BCUT2D eigenvalue weighted by molar-refractivity contribution is 0.643. The number of nitrogens with one attached hydrogen (secondary N) is 1. The van der Waals surface area contributed by atoms with Crippen LogP contribution in [-0.4, -0.2) is 47.4 Å². The van der Waals surface area contributed by atoms with Crippen LogP contribution in [0.1, 0.15) is 25.7 Å². The lowest BCUT2D eigenvalue weighted by Gasteiger charge is -2.36. The summed E-state index contributed by atoms with van der Waals surface area (Å²) in [7, 11) is 0. The number of aromatic nitrogens is 3. The summed E-state index contributed by atoms with van der Waals surface area (Å²) in [6.45, 7) is 3.91. The van der Waals surface area contributed by atoms with Crippen molar-refractivity contribution < 1.29 is 0 Å². The standard InChI is InChI=1S/C18H24N6/c1-2-8-16(9-3-1)23-10-12-24(13-11-23)17-14-19-22-18(21-17)20-15-6-4-5-7-15/h1-3,8-9,14-15H,4-7,10-13H2,(H,20,21,22). The van der Waals surface area contributed by atoms with Gasteiger partial charge in [-0.15, -0.1) is 5.10 Å². The molecule has 2 fully saturated rings. The Morgan fingerprint density at radius 2 is 1.62 bits per heavy atom. The van der Waals surface area contributed by atoms with Crippen molar-refractivity contribution in [3.8, 4) is 0 Å². The quantitative estimate of drug-likeness (QED) is 0.933. The van der Waals surface area contributed by atoms with Crippen molar-refractivity contribution in [2.45, 2.75) is 31.7 Å². The average Bonchev–Trinajstić information content (AvgIpc) is 3.16. The Balaban J connectivity index is 1.38. The molecule has 6 nitrogen and oxygen atoms in total.